The van der Waals surface area contributed by atoms with Crippen LogP contribution in [0.2, 0.25) is 5.02 Å². The monoisotopic (exact) mass is 300 g/mol. The second-order valence-electron chi connectivity index (χ2n) is 6.06. The van der Waals surface area contributed by atoms with Gasteiger partial charge in [-0.3, -0.25) is 0 Å². The highest BCUT2D eigenvalue weighted by molar-refractivity contribution is 6.31. The Morgan fingerprint density at radius 2 is 2.05 bits per heavy atom. The van der Waals surface area contributed by atoms with Crippen LogP contribution in [0.25, 0.3) is 0 Å². The first-order chi connectivity index (χ1) is 10.1. The normalized spacial score (nSPS) is 19.1. The molecule has 0 saturated carbocycles. The van der Waals surface area contributed by atoms with Crippen molar-refractivity contribution in [3.8, 4) is 0 Å². The van der Waals surface area contributed by atoms with Gasteiger partial charge in [-0.2, -0.15) is 0 Å². The van der Waals surface area contributed by atoms with Crippen LogP contribution in [0.3, 0.4) is 0 Å². The third-order valence-corrected chi connectivity index (χ3v) is 4.87. The molecule has 110 valence electrons. The molecule has 1 aliphatic carbocycles. The van der Waals surface area contributed by atoms with Crippen molar-refractivity contribution in [2.24, 2.45) is 0 Å². The summed E-state index contributed by atoms with van der Waals surface area (Å²) in [5, 5.41) is 11.5. The summed E-state index contributed by atoms with van der Waals surface area (Å²) in [5.41, 5.74) is 4.90. The van der Waals surface area contributed by atoms with Crippen molar-refractivity contribution in [2.75, 3.05) is 0 Å². The Labute approximate surface area is 131 Å². The third kappa shape index (κ3) is 3.14. The molecule has 0 aromatic heterocycles. The molecule has 2 unspecified atom stereocenters. The molecule has 2 heteroatoms. The van der Waals surface area contributed by atoms with Crippen molar-refractivity contribution < 1.29 is 5.11 Å². The zero-order chi connectivity index (χ0) is 14.8. The van der Waals surface area contributed by atoms with E-state index in [0.717, 1.165) is 35.4 Å². The topological polar surface area (TPSA) is 20.2 Å². The lowest BCUT2D eigenvalue weighted by Gasteiger charge is -2.29. The summed E-state index contributed by atoms with van der Waals surface area (Å²) in [6.07, 6.45) is 3.59. The average Bonchev–Trinajstić information content (AvgIpc) is 2.49. The van der Waals surface area contributed by atoms with E-state index >= 15 is 0 Å². The molecule has 0 fully saturated rings. The van der Waals surface area contributed by atoms with E-state index in [4.69, 9.17) is 11.6 Å². The molecule has 0 heterocycles. The first kappa shape index (κ1) is 14.6. The summed E-state index contributed by atoms with van der Waals surface area (Å²) in [6, 6.07) is 14.6. The maximum absolute atomic E-state index is 10.7. The summed E-state index contributed by atoms with van der Waals surface area (Å²) in [5.74, 6) is 0.229. The first-order valence-corrected chi connectivity index (χ1v) is 8.04. The van der Waals surface area contributed by atoms with E-state index in [2.05, 4.69) is 30.3 Å². The van der Waals surface area contributed by atoms with E-state index in [0.29, 0.717) is 6.42 Å². The third-order valence-electron chi connectivity index (χ3n) is 4.52. The minimum absolute atomic E-state index is 0.229. The number of aliphatic hydroxyl groups is 1. The summed E-state index contributed by atoms with van der Waals surface area (Å²) < 4.78 is 0. The molecule has 0 radical (unpaired) electrons. The molecule has 2 aromatic rings. The van der Waals surface area contributed by atoms with Crippen molar-refractivity contribution in [1.82, 2.24) is 0 Å². The second-order valence-corrected chi connectivity index (χ2v) is 6.47. The van der Waals surface area contributed by atoms with Gasteiger partial charge in [0.15, 0.2) is 0 Å². The van der Waals surface area contributed by atoms with Gasteiger partial charge in [0.1, 0.15) is 0 Å². The SMILES string of the molecule is Cc1ccc(CC(O)C2CCCc3ccccc32)c(Cl)c1. The Kier molecular flexibility index (Phi) is 4.32. The van der Waals surface area contributed by atoms with E-state index in [-0.39, 0.29) is 12.0 Å². The van der Waals surface area contributed by atoms with E-state index in [1.165, 1.54) is 11.1 Å². The molecular formula is C19H21ClO. The Morgan fingerprint density at radius 3 is 2.86 bits per heavy atom. The predicted molar refractivity (Wildman–Crippen MR) is 88.0 cm³/mol. The molecule has 3 rings (SSSR count). The number of fused-ring (bicyclic) bond motifs is 1. The van der Waals surface area contributed by atoms with Crippen molar-refractivity contribution in [3.63, 3.8) is 0 Å². The highest BCUT2D eigenvalue weighted by atomic mass is 35.5. The average molecular weight is 301 g/mol. The van der Waals surface area contributed by atoms with Crippen molar-refractivity contribution in [3.05, 3.63) is 69.7 Å². The fraction of sp³-hybridized carbons (Fsp3) is 0.368. The van der Waals surface area contributed by atoms with Crippen LogP contribution in [0.4, 0.5) is 0 Å². The molecular weight excluding hydrogens is 280 g/mol. The van der Waals surface area contributed by atoms with Crippen molar-refractivity contribution in [2.45, 2.75) is 44.6 Å². The van der Waals surface area contributed by atoms with Gasteiger partial charge in [-0.05, 0) is 54.5 Å². The fourth-order valence-corrected chi connectivity index (χ4v) is 3.69. The fourth-order valence-electron chi connectivity index (χ4n) is 3.38. The Hall–Kier alpha value is -1.31. The molecule has 0 amide bonds. The summed E-state index contributed by atoms with van der Waals surface area (Å²) >= 11 is 6.30. The molecule has 0 saturated heterocycles. The van der Waals surface area contributed by atoms with Crippen LogP contribution in [0, 0.1) is 6.92 Å². The van der Waals surface area contributed by atoms with Gasteiger partial charge in [-0.1, -0.05) is 48.0 Å². The number of rotatable bonds is 3. The highest BCUT2D eigenvalue weighted by Crippen LogP contribution is 2.35. The van der Waals surface area contributed by atoms with Crippen LogP contribution in [0.5, 0.6) is 0 Å². The predicted octanol–water partition coefficient (Wildman–Crippen LogP) is 4.67. The molecule has 0 bridgehead atoms. The maximum atomic E-state index is 10.7. The van der Waals surface area contributed by atoms with E-state index < -0.39 is 0 Å². The van der Waals surface area contributed by atoms with Crippen molar-refractivity contribution in [1.29, 1.82) is 0 Å². The second kappa shape index (κ2) is 6.21. The maximum Gasteiger partial charge on any atom is 0.0649 e. The van der Waals surface area contributed by atoms with Gasteiger partial charge in [-0.25, -0.2) is 0 Å². The molecule has 1 aliphatic rings. The molecule has 0 spiro atoms. The Bertz CT molecular complexity index is 635. The van der Waals surface area contributed by atoms with Crippen LogP contribution in [-0.2, 0) is 12.8 Å². The van der Waals surface area contributed by atoms with Gasteiger partial charge in [0.05, 0.1) is 6.10 Å². The number of hydrogen-bond acceptors (Lipinski definition) is 1. The minimum atomic E-state index is -0.369. The van der Waals surface area contributed by atoms with Crippen LogP contribution in [-0.4, -0.2) is 11.2 Å². The first-order valence-electron chi connectivity index (χ1n) is 7.66. The Balaban J connectivity index is 1.81. The number of aliphatic hydroxyl groups excluding tert-OH is 1. The van der Waals surface area contributed by atoms with Crippen LogP contribution in [0.1, 0.15) is 41.0 Å². The van der Waals surface area contributed by atoms with Gasteiger partial charge in [0, 0.05) is 17.4 Å². The molecule has 21 heavy (non-hydrogen) atoms. The van der Waals surface area contributed by atoms with Crippen molar-refractivity contribution >= 4 is 11.6 Å². The number of hydrogen-bond donors (Lipinski definition) is 1. The van der Waals surface area contributed by atoms with E-state index in [1.807, 2.05) is 19.1 Å². The summed E-state index contributed by atoms with van der Waals surface area (Å²) in [4.78, 5) is 0. The molecule has 2 aromatic carbocycles. The van der Waals surface area contributed by atoms with Gasteiger partial charge in [0.25, 0.3) is 0 Å². The Morgan fingerprint density at radius 1 is 1.24 bits per heavy atom. The molecule has 2 atom stereocenters. The molecule has 1 N–H and O–H groups in total. The molecule has 1 nitrogen and oxygen atoms in total. The van der Waals surface area contributed by atoms with Crippen LogP contribution < -0.4 is 0 Å². The van der Waals surface area contributed by atoms with Gasteiger partial charge in [-0.15, -0.1) is 0 Å². The highest BCUT2D eigenvalue weighted by Gasteiger charge is 2.26. The summed E-state index contributed by atoms with van der Waals surface area (Å²) in [7, 11) is 0. The lowest BCUT2D eigenvalue weighted by atomic mass is 9.78. The zero-order valence-corrected chi connectivity index (χ0v) is 13.1. The quantitative estimate of drug-likeness (QED) is 0.873. The number of aryl methyl sites for hydroxylation is 2. The largest absolute Gasteiger partial charge is 0.392 e. The van der Waals surface area contributed by atoms with Crippen LogP contribution in [0.15, 0.2) is 42.5 Å². The molecule has 0 aliphatic heterocycles. The van der Waals surface area contributed by atoms with E-state index in [9.17, 15) is 5.11 Å². The van der Waals surface area contributed by atoms with E-state index in [1.54, 1.807) is 0 Å². The van der Waals surface area contributed by atoms with Crippen LogP contribution >= 0.6 is 11.6 Å². The van der Waals surface area contributed by atoms with Gasteiger partial charge < -0.3 is 5.11 Å². The number of benzene rings is 2. The number of halogens is 1. The van der Waals surface area contributed by atoms with Gasteiger partial charge in [0.2, 0.25) is 0 Å². The minimum Gasteiger partial charge on any atom is -0.392 e. The standard InChI is InChI=1S/C19H21ClO/c1-13-9-10-15(18(20)11-13)12-19(21)17-8-4-6-14-5-2-3-7-16(14)17/h2-3,5,7,9-11,17,19,21H,4,6,8,12H2,1H3. The zero-order valence-electron chi connectivity index (χ0n) is 12.3. The summed E-state index contributed by atoms with van der Waals surface area (Å²) in [6.45, 7) is 2.03. The lowest BCUT2D eigenvalue weighted by Crippen LogP contribution is -2.25. The van der Waals surface area contributed by atoms with Gasteiger partial charge >= 0.3 is 0 Å². The smallest absolute Gasteiger partial charge is 0.0649 e. The lowest BCUT2D eigenvalue weighted by molar-refractivity contribution is 0.134.